The molecule has 2 rings (SSSR count). The topological polar surface area (TPSA) is 65.2 Å². The maximum absolute atomic E-state index is 12.9. The van der Waals surface area contributed by atoms with Crippen LogP contribution in [0.2, 0.25) is 0 Å². The second-order valence-electron chi connectivity index (χ2n) is 5.05. The Bertz CT molecular complexity index is 716. The molecule has 2 atom stereocenters. The van der Waals surface area contributed by atoms with Gasteiger partial charge in [0.25, 0.3) is 0 Å². The number of hydrogen-bond acceptors (Lipinski definition) is 5. The lowest BCUT2D eigenvalue weighted by Crippen LogP contribution is -2.03. The normalized spacial score (nSPS) is 16.1. The first-order valence-corrected chi connectivity index (χ1v) is 9.40. The maximum Gasteiger partial charge on any atom is 0.400 e. The zero-order valence-electron chi connectivity index (χ0n) is 12.8. The Morgan fingerprint density at radius 2 is 2.00 bits per heavy atom. The van der Waals surface area contributed by atoms with E-state index < -0.39 is 18.6 Å². The van der Waals surface area contributed by atoms with E-state index in [0.29, 0.717) is 12.2 Å². The van der Waals surface area contributed by atoms with Gasteiger partial charge in [-0.3, -0.25) is 4.57 Å². The van der Waals surface area contributed by atoms with Gasteiger partial charge in [0.2, 0.25) is 13.2 Å². The predicted molar refractivity (Wildman–Crippen MR) is 83.1 cm³/mol. The standard InChI is InChI=1S/C14H16ClF2N2O3P/c1-4-21-23(3,20)9(2)10-5-7-11(8-6-10)12-18-13(22-19-12)14(15,16)17/h5-9H,4H2,1-3H3. The minimum absolute atomic E-state index is 0.00372. The Kier molecular flexibility index (Phi) is 5.23. The van der Waals surface area contributed by atoms with Crippen molar-refractivity contribution in [1.82, 2.24) is 10.1 Å². The van der Waals surface area contributed by atoms with E-state index in [1.807, 2.05) is 6.92 Å². The first kappa shape index (κ1) is 18.0. The highest BCUT2D eigenvalue weighted by Gasteiger charge is 2.35. The lowest BCUT2D eigenvalue weighted by atomic mass is 10.1. The van der Waals surface area contributed by atoms with Crippen molar-refractivity contribution in [2.75, 3.05) is 13.3 Å². The van der Waals surface area contributed by atoms with Gasteiger partial charge in [0.15, 0.2) is 0 Å². The molecule has 1 aromatic carbocycles. The number of rotatable bonds is 6. The van der Waals surface area contributed by atoms with Crippen LogP contribution >= 0.6 is 19.0 Å². The van der Waals surface area contributed by atoms with Crippen LogP contribution in [0, 0.1) is 0 Å². The van der Waals surface area contributed by atoms with Crippen LogP contribution in [0.4, 0.5) is 8.78 Å². The van der Waals surface area contributed by atoms with Gasteiger partial charge < -0.3 is 9.05 Å². The Balaban J connectivity index is 2.23. The summed E-state index contributed by atoms with van der Waals surface area (Å²) in [5.74, 6) is -0.954. The first-order valence-electron chi connectivity index (χ1n) is 6.88. The summed E-state index contributed by atoms with van der Waals surface area (Å²) < 4.78 is 47.9. The fraction of sp³-hybridized carbons (Fsp3) is 0.429. The third-order valence-electron chi connectivity index (χ3n) is 3.41. The Morgan fingerprint density at radius 1 is 1.39 bits per heavy atom. The van der Waals surface area contributed by atoms with Crippen molar-refractivity contribution in [3.05, 3.63) is 35.7 Å². The van der Waals surface area contributed by atoms with Crippen LogP contribution in [0.5, 0.6) is 0 Å². The van der Waals surface area contributed by atoms with E-state index in [0.717, 1.165) is 5.56 Å². The van der Waals surface area contributed by atoms with E-state index in [1.54, 1.807) is 37.9 Å². The van der Waals surface area contributed by atoms with Crippen molar-refractivity contribution in [2.45, 2.75) is 24.9 Å². The van der Waals surface area contributed by atoms with Crippen molar-refractivity contribution in [2.24, 2.45) is 0 Å². The van der Waals surface area contributed by atoms with Crippen LogP contribution in [0.25, 0.3) is 11.4 Å². The molecule has 0 bridgehead atoms. The summed E-state index contributed by atoms with van der Waals surface area (Å²) >= 11 is 4.83. The fourth-order valence-electron chi connectivity index (χ4n) is 2.01. The van der Waals surface area contributed by atoms with Gasteiger partial charge in [-0.2, -0.15) is 13.8 Å². The smallest absolute Gasteiger partial charge is 0.331 e. The number of hydrogen-bond donors (Lipinski definition) is 0. The Hall–Kier alpha value is -1.30. The van der Waals surface area contributed by atoms with E-state index in [2.05, 4.69) is 14.7 Å². The van der Waals surface area contributed by atoms with Gasteiger partial charge in [0.05, 0.1) is 12.3 Å². The Morgan fingerprint density at radius 3 is 2.48 bits per heavy atom. The number of aromatic nitrogens is 2. The number of alkyl halides is 3. The van der Waals surface area contributed by atoms with E-state index in [1.165, 1.54) is 0 Å². The largest absolute Gasteiger partial charge is 0.400 e. The molecule has 23 heavy (non-hydrogen) atoms. The molecule has 5 nitrogen and oxygen atoms in total. The Labute approximate surface area is 137 Å². The molecule has 0 radical (unpaired) electrons. The molecular formula is C14H16ClF2N2O3P. The summed E-state index contributed by atoms with van der Waals surface area (Å²) in [4.78, 5) is 3.57. The molecule has 2 aromatic rings. The highest BCUT2D eigenvalue weighted by atomic mass is 35.5. The molecule has 0 spiro atoms. The van der Waals surface area contributed by atoms with Crippen LogP contribution in [-0.2, 0) is 14.5 Å². The molecule has 1 heterocycles. The molecule has 0 aliphatic carbocycles. The molecule has 126 valence electrons. The molecular weight excluding hydrogens is 349 g/mol. The van der Waals surface area contributed by atoms with Crippen molar-refractivity contribution < 1.29 is 22.4 Å². The highest BCUT2D eigenvalue weighted by Crippen LogP contribution is 2.56. The second kappa shape index (κ2) is 6.67. The van der Waals surface area contributed by atoms with Gasteiger partial charge in [-0.1, -0.05) is 29.4 Å². The summed E-state index contributed by atoms with van der Waals surface area (Å²) in [6, 6.07) is 6.73. The van der Waals surface area contributed by atoms with Crippen LogP contribution in [0.1, 0.15) is 31.0 Å². The van der Waals surface area contributed by atoms with Gasteiger partial charge in [-0.25, -0.2) is 0 Å². The molecule has 0 aliphatic rings. The molecule has 0 saturated carbocycles. The van der Waals surface area contributed by atoms with E-state index in [9.17, 15) is 13.3 Å². The third kappa shape index (κ3) is 4.16. The molecule has 2 unspecified atom stereocenters. The average Bonchev–Trinajstić information content (AvgIpc) is 2.96. The van der Waals surface area contributed by atoms with E-state index in [-0.39, 0.29) is 11.5 Å². The third-order valence-corrected chi connectivity index (χ3v) is 6.05. The number of benzene rings is 1. The van der Waals surface area contributed by atoms with E-state index in [4.69, 9.17) is 16.1 Å². The second-order valence-corrected chi connectivity index (χ2v) is 8.37. The summed E-state index contributed by atoms with van der Waals surface area (Å²) in [5.41, 5.74) is 1.00. The van der Waals surface area contributed by atoms with Crippen LogP contribution in [-0.4, -0.2) is 23.4 Å². The van der Waals surface area contributed by atoms with Crippen molar-refractivity contribution in [3.63, 3.8) is 0 Å². The zero-order chi connectivity index (χ0) is 17.3. The van der Waals surface area contributed by atoms with Gasteiger partial charge in [0.1, 0.15) is 0 Å². The monoisotopic (exact) mass is 364 g/mol. The summed E-state index contributed by atoms with van der Waals surface area (Å²) in [7, 11) is -2.78. The van der Waals surface area contributed by atoms with Crippen LogP contribution < -0.4 is 0 Å². The zero-order valence-corrected chi connectivity index (χ0v) is 14.4. The lowest BCUT2D eigenvalue weighted by molar-refractivity contribution is 0.0551. The highest BCUT2D eigenvalue weighted by molar-refractivity contribution is 7.58. The summed E-state index contributed by atoms with van der Waals surface area (Å²) in [5, 5.41) is -0.227. The molecule has 0 aliphatic heterocycles. The molecule has 1 aromatic heterocycles. The fourth-order valence-corrected chi connectivity index (χ4v) is 3.53. The molecule has 0 N–H and O–H groups in total. The molecule has 0 saturated heterocycles. The van der Waals surface area contributed by atoms with Gasteiger partial charge in [-0.05, 0) is 31.0 Å². The van der Waals surface area contributed by atoms with Crippen LogP contribution in [0.15, 0.2) is 28.8 Å². The molecule has 9 heteroatoms. The van der Waals surface area contributed by atoms with Gasteiger partial charge >= 0.3 is 11.3 Å². The van der Waals surface area contributed by atoms with Crippen molar-refractivity contribution in [3.8, 4) is 11.4 Å². The van der Waals surface area contributed by atoms with Crippen molar-refractivity contribution >= 4 is 19.0 Å². The van der Waals surface area contributed by atoms with Crippen LogP contribution in [0.3, 0.4) is 0 Å². The average molecular weight is 365 g/mol. The summed E-state index contributed by atoms with van der Waals surface area (Å²) in [6.45, 7) is 5.55. The maximum atomic E-state index is 12.9. The number of nitrogens with zero attached hydrogens (tertiary/aromatic N) is 2. The minimum atomic E-state index is -3.70. The number of halogens is 3. The lowest BCUT2D eigenvalue weighted by Gasteiger charge is -2.20. The van der Waals surface area contributed by atoms with Gasteiger partial charge in [-0.15, -0.1) is 0 Å². The first-order chi connectivity index (χ1) is 10.6. The van der Waals surface area contributed by atoms with Gasteiger partial charge in [0, 0.05) is 12.2 Å². The SMILES string of the molecule is CCOP(C)(=O)C(C)c1ccc(-c2noc(C(F)(F)Cl)n2)cc1. The molecule has 0 amide bonds. The van der Waals surface area contributed by atoms with E-state index >= 15 is 0 Å². The minimum Gasteiger partial charge on any atom is -0.331 e. The predicted octanol–water partition coefficient (Wildman–Crippen LogP) is 5.03. The molecule has 0 fully saturated rings. The summed E-state index contributed by atoms with van der Waals surface area (Å²) in [6.07, 6.45) is 0. The quantitative estimate of drug-likeness (QED) is 0.531. The van der Waals surface area contributed by atoms with Crippen molar-refractivity contribution in [1.29, 1.82) is 0 Å².